The molecule has 1 aromatic carbocycles. The third kappa shape index (κ3) is 5.05. The second kappa shape index (κ2) is 8.95. The largest absolute Gasteiger partial charge is 0.419 e. The van der Waals surface area contributed by atoms with Crippen molar-refractivity contribution in [3.63, 3.8) is 0 Å². The van der Waals surface area contributed by atoms with Gasteiger partial charge in [0, 0.05) is 58.3 Å². The van der Waals surface area contributed by atoms with Crippen LogP contribution >= 0.6 is 11.6 Å². The van der Waals surface area contributed by atoms with Gasteiger partial charge in [0.15, 0.2) is 5.57 Å². The van der Waals surface area contributed by atoms with Crippen molar-refractivity contribution in [2.75, 3.05) is 36.4 Å². The van der Waals surface area contributed by atoms with Crippen LogP contribution < -0.4 is 10.2 Å². The van der Waals surface area contributed by atoms with Gasteiger partial charge in [-0.25, -0.2) is 9.59 Å². The molecular formula is C21H26ClN3O5. The molecule has 3 rings (SSSR count). The van der Waals surface area contributed by atoms with Gasteiger partial charge in [0.1, 0.15) is 0 Å². The maximum atomic E-state index is 12.0. The second-order valence-electron chi connectivity index (χ2n) is 7.67. The molecule has 1 N–H and O–H groups in total. The van der Waals surface area contributed by atoms with Crippen LogP contribution in [-0.2, 0) is 23.9 Å². The van der Waals surface area contributed by atoms with Gasteiger partial charge >= 0.3 is 11.9 Å². The zero-order valence-electron chi connectivity index (χ0n) is 17.4. The topological polar surface area (TPSA) is 88.2 Å². The number of carbonyl (C=O) groups excluding carboxylic acids is 3. The molecule has 2 saturated heterocycles. The highest BCUT2D eigenvalue weighted by Gasteiger charge is 2.39. The maximum Gasteiger partial charge on any atom is 0.350 e. The summed E-state index contributed by atoms with van der Waals surface area (Å²) in [5.74, 6) is -2.58. The van der Waals surface area contributed by atoms with E-state index in [0.29, 0.717) is 43.3 Å². The third-order valence-corrected chi connectivity index (χ3v) is 5.19. The average molecular weight is 436 g/mol. The van der Waals surface area contributed by atoms with Crippen LogP contribution in [0.4, 0.5) is 11.4 Å². The first-order chi connectivity index (χ1) is 14.2. The molecule has 0 unspecified atom stereocenters. The Kier molecular flexibility index (Phi) is 6.55. The summed E-state index contributed by atoms with van der Waals surface area (Å²) in [6.45, 7) is 7.74. The first-order valence-electron chi connectivity index (χ1n) is 9.96. The van der Waals surface area contributed by atoms with Crippen LogP contribution in [0.3, 0.4) is 0 Å². The molecule has 0 atom stereocenters. The van der Waals surface area contributed by atoms with Crippen LogP contribution in [0.1, 0.15) is 33.6 Å². The first-order valence-corrected chi connectivity index (χ1v) is 10.3. The summed E-state index contributed by atoms with van der Waals surface area (Å²) in [4.78, 5) is 40.0. The lowest BCUT2D eigenvalue weighted by molar-refractivity contribution is -0.222. The number of hydrogen-bond donors (Lipinski definition) is 1. The van der Waals surface area contributed by atoms with Crippen LogP contribution in [0.2, 0.25) is 5.02 Å². The Morgan fingerprint density at radius 1 is 1.17 bits per heavy atom. The van der Waals surface area contributed by atoms with Crippen molar-refractivity contribution in [3.8, 4) is 0 Å². The van der Waals surface area contributed by atoms with Gasteiger partial charge in [-0.1, -0.05) is 18.5 Å². The van der Waals surface area contributed by atoms with Crippen molar-refractivity contribution in [1.82, 2.24) is 4.90 Å². The lowest BCUT2D eigenvalue weighted by atomic mass is 10.2. The zero-order valence-corrected chi connectivity index (χ0v) is 18.1. The van der Waals surface area contributed by atoms with E-state index >= 15 is 0 Å². The molecule has 1 amide bonds. The van der Waals surface area contributed by atoms with Gasteiger partial charge in [0.25, 0.3) is 5.79 Å². The molecule has 0 aromatic heterocycles. The number of anilines is 2. The predicted octanol–water partition coefficient (Wildman–Crippen LogP) is 2.92. The van der Waals surface area contributed by atoms with E-state index < -0.39 is 17.7 Å². The summed E-state index contributed by atoms with van der Waals surface area (Å²) in [5, 5.41) is 3.42. The average Bonchev–Trinajstić information content (AvgIpc) is 2.67. The highest BCUT2D eigenvalue weighted by atomic mass is 35.5. The number of rotatable bonds is 5. The van der Waals surface area contributed by atoms with E-state index in [4.69, 9.17) is 21.1 Å². The van der Waals surface area contributed by atoms with Crippen molar-refractivity contribution >= 4 is 40.8 Å². The normalized spacial score (nSPS) is 18.6. The summed E-state index contributed by atoms with van der Waals surface area (Å²) in [5.41, 5.74) is 1.26. The Bertz CT molecular complexity index is 853. The molecule has 0 bridgehead atoms. The number of nitrogens with one attached hydrogen (secondary N) is 1. The van der Waals surface area contributed by atoms with Crippen LogP contribution in [0.25, 0.3) is 0 Å². The third-order valence-electron chi connectivity index (χ3n) is 4.88. The number of amides is 1. The zero-order chi connectivity index (χ0) is 21.9. The molecular weight excluding hydrogens is 410 g/mol. The summed E-state index contributed by atoms with van der Waals surface area (Å²) in [6.07, 6.45) is 2.68. The number of nitrogens with zero attached hydrogens (tertiary/aromatic N) is 2. The Hall–Kier alpha value is -2.74. The summed E-state index contributed by atoms with van der Waals surface area (Å²) in [7, 11) is 0. The molecule has 2 heterocycles. The number of halogens is 1. The second-order valence-corrected chi connectivity index (χ2v) is 8.07. The molecule has 2 aliphatic heterocycles. The van der Waals surface area contributed by atoms with Gasteiger partial charge in [-0.05, 0) is 24.6 Å². The van der Waals surface area contributed by atoms with Gasteiger partial charge in [0.05, 0.1) is 10.7 Å². The van der Waals surface area contributed by atoms with Gasteiger partial charge in [-0.15, -0.1) is 0 Å². The molecule has 8 nitrogen and oxygen atoms in total. The fourth-order valence-electron chi connectivity index (χ4n) is 3.36. The summed E-state index contributed by atoms with van der Waals surface area (Å²) < 4.78 is 10.1. The first kappa shape index (κ1) is 22.0. The minimum Gasteiger partial charge on any atom is -0.419 e. The van der Waals surface area contributed by atoms with Crippen molar-refractivity contribution in [2.24, 2.45) is 0 Å². The molecule has 162 valence electrons. The number of benzene rings is 1. The lowest BCUT2D eigenvalue weighted by Gasteiger charge is -2.36. The van der Waals surface area contributed by atoms with Gasteiger partial charge in [-0.3, -0.25) is 4.79 Å². The number of cyclic esters (lactones) is 2. The number of hydrogen-bond acceptors (Lipinski definition) is 7. The monoisotopic (exact) mass is 435 g/mol. The van der Waals surface area contributed by atoms with Crippen LogP contribution in [0.15, 0.2) is 30.0 Å². The number of ether oxygens (including phenoxy) is 2. The van der Waals surface area contributed by atoms with Crippen molar-refractivity contribution in [2.45, 2.75) is 39.4 Å². The number of carbonyl (C=O) groups is 3. The quantitative estimate of drug-likeness (QED) is 0.432. The Labute approximate surface area is 180 Å². The van der Waals surface area contributed by atoms with Gasteiger partial charge in [-0.2, -0.15) is 0 Å². The minimum absolute atomic E-state index is 0.194. The van der Waals surface area contributed by atoms with E-state index in [1.54, 1.807) is 12.1 Å². The van der Waals surface area contributed by atoms with E-state index in [0.717, 1.165) is 12.1 Å². The minimum atomic E-state index is -1.28. The molecule has 0 aliphatic carbocycles. The summed E-state index contributed by atoms with van der Waals surface area (Å²) >= 11 is 6.46. The fourth-order valence-corrected chi connectivity index (χ4v) is 3.66. The Morgan fingerprint density at radius 3 is 2.37 bits per heavy atom. The molecule has 2 fully saturated rings. The van der Waals surface area contributed by atoms with Gasteiger partial charge < -0.3 is 24.6 Å². The molecule has 1 aromatic rings. The predicted molar refractivity (Wildman–Crippen MR) is 113 cm³/mol. The Balaban J connectivity index is 1.63. The van der Waals surface area contributed by atoms with Gasteiger partial charge in [0.2, 0.25) is 5.91 Å². The molecule has 0 spiro atoms. The smallest absolute Gasteiger partial charge is 0.350 e. The molecule has 0 radical (unpaired) electrons. The van der Waals surface area contributed by atoms with Crippen LogP contribution in [0.5, 0.6) is 0 Å². The Morgan fingerprint density at radius 2 is 1.80 bits per heavy atom. The van der Waals surface area contributed by atoms with Crippen molar-refractivity contribution < 1.29 is 23.9 Å². The molecule has 9 heteroatoms. The number of esters is 2. The standard InChI is InChI=1S/C21H26ClN3O5/c1-4-5-18(26)25-10-8-24(9-11-25)17-7-6-14(12-16(17)22)23-13-15-19(27)29-21(2,3)30-20(15)28/h6-7,12-13,23H,4-5,8-11H2,1-3H3. The van der Waals surface area contributed by atoms with E-state index in [9.17, 15) is 14.4 Å². The molecule has 30 heavy (non-hydrogen) atoms. The number of piperazine rings is 1. The van der Waals surface area contributed by atoms with Crippen LogP contribution in [0, 0.1) is 0 Å². The van der Waals surface area contributed by atoms with E-state index in [2.05, 4.69) is 10.2 Å². The lowest BCUT2D eigenvalue weighted by Crippen LogP contribution is -2.48. The van der Waals surface area contributed by atoms with E-state index in [1.165, 1.54) is 20.0 Å². The SMILES string of the molecule is CCCC(=O)N1CCN(c2ccc(NC=C3C(=O)OC(C)(C)OC3=O)cc2Cl)CC1. The molecule has 2 aliphatic rings. The highest BCUT2D eigenvalue weighted by molar-refractivity contribution is 6.33. The summed E-state index contributed by atoms with van der Waals surface area (Å²) in [6, 6.07) is 5.38. The van der Waals surface area contributed by atoms with Crippen molar-refractivity contribution in [3.05, 3.63) is 35.0 Å². The highest BCUT2D eigenvalue weighted by Crippen LogP contribution is 2.30. The maximum absolute atomic E-state index is 12.0. The van der Waals surface area contributed by atoms with E-state index in [1.807, 2.05) is 17.9 Å². The van der Waals surface area contributed by atoms with Crippen molar-refractivity contribution in [1.29, 1.82) is 0 Å². The molecule has 0 saturated carbocycles. The van der Waals surface area contributed by atoms with E-state index in [-0.39, 0.29) is 11.5 Å². The van der Waals surface area contributed by atoms with Crippen LogP contribution in [-0.4, -0.2) is 54.7 Å². The fraction of sp³-hybridized carbons (Fsp3) is 0.476.